The smallest absolute Gasteiger partial charge is 0.335 e. The Labute approximate surface area is 103 Å². The summed E-state index contributed by atoms with van der Waals surface area (Å²) in [6, 6.07) is 2.73. The molecule has 0 atom stereocenters. The molecule has 0 fully saturated rings. The average molecular weight is 264 g/mol. The monoisotopic (exact) mass is 263 g/mol. The van der Waals surface area contributed by atoms with E-state index in [9.17, 15) is 4.79 Å². The zero-order valence-electron chi connectivity index (χ0n) is 8.75. The molecular weight excluding hydrogens is 253 g/mol. The van der Waals surface area contributed by atoms with Gasteiger partial charge in [0.1, 0.15) is 10.8 Å². The van der Waals surface area contributed by atoms with Gasteiger partial charge in [-0.1, -0.05) is 23.2 Å². The van der Waals surface area contributed by atoms with Gasteiger partial charge in [-0.3, -0.25) is 10.3 Å². The molecule has 0 heterocycles. The Hall–Kier alpha value is -1.17. The summed E-state index contributed by atoms with van der Waals surface area (Å²) in [4.78, 5) is 12.5. The minimum absolute atomic E-state index is 0.229. The summed E-state index contributed by atoms with van der Waals surface area (Å²) >= 11 is 11.9. The highest BCUT2D eigenvalue weighted by Crippen LogP contribution is 2.38. The van der Waals surface area contributed by atoms with Crippen molar-refractivity contribution < 1.29 is 9.53 Å². The minimum Gasteiger partial charge on any atom is -0.495 e. The zero-order valence-corrected chi connectivity index (χ0v) is 10.3. The van der Waals surface area contributed by atoms with E-state index in [0.29, 0.717) is 11.4 Å². The van der Waals surface area contributed by atoms with Crippen molar-refractivity contribution in [2.45, 2.75) is 0 Å². The number of nitrogens with two attached hydrogens (primary N) is 1. The van der Waals surface area contributed by atoms with Gasteiger partial charge in [0.15, 0.2) is 0 Å². The first-order valence-electron chi connectivity index (χ1n) is 4.29. The van der Waals surface area contributed by atoms with Crippen LogP contribution in [0.1, 0.15) is 0 Å². The van der Waals surface area contributed by atoms with Crippen LogP contribution in [0.2, 0.25) is 10.0 Å². The Morgan fingerprint density at radius 1 is 1.44 bits per heavy atom. The van der Waals surface area contributed by atoms with Gasteiger partial charge in [-0.2, -0.15) is 0 Å². The van der Waals surface area contributed by atoms with E-state index in [2.05, 4.69) is 0 Å². The molecule has 5 nitrogen and oxygen atoms in total. The number of hydrazine groups is 1. The third-order valence-electron chi connectivity index (χ3n) is 2.04. The average Bonchev–Trinajstić information content (AvgIpc) is 2.30. The standard InChI is InChI=1S/C9H11Cl2N3O2/c1-14(9(15)13-12)5-3-4-6(16-2)8(11)7(5)10/h3-4H,12H2,1-2H3,(H,13,15). The largest absolute Gasteiger partial charge is 0.495 e. The van der Waals surface area contributed by atoms with Crippen LogP contribution >= 0.6 is 23.2 Å². The van der Waals surface area contributed by atoms with Gasteiger partial charge in [0.2, 0.25) is 0 Å². The second-order valence-corrected chi connectivity index (χ2v) is 3.68. The van der Waals surface area contributed by atoms with Gasteiger partial charge in [0, 0.05) is 7.05 Å². The van der Waals surface area contributed by atoms with Crippen molar-refractivity contribution in [2.24, 2.45) is 5.84 Å². The topological polar surface area (TPSA) is 67.6 Å². The first-order valence-corrected chi connectivity index (χ1v) is 5.04. The van der Waals surface area contributed by atoms with Crippen LogP contribution in [0, 0.1) is 0 Å². The van der Waals surface area contributed by atoms with Gasteiger partial charge < -0.3 is 4.74 Å². The van der Waals surface area contributed by atoms with Crippen LogP contribution in [-0.2, 0) is 0 Å². The predicted octanol–water partition coefficient (Wildman–Crippen LogP) is 2.02. The zero-order chi connectivity index (χ0) is 12.3. The van der Waals surface area contributed by atoms with Crippen LogP contribution in [0.4, 0.5) is 10.5 Å². The summed E-state index contributed by atoms with van der Waals surface area (Å²) in [6.45, 7) is 0. The predicted molar refractivity (Wildman–Crippen MR) is 64.1 cm³/mol. The number of carbonyl (C=O) groups is 1. The molecular formula is C9H11Cl2N3O2. The molecule has 1 aromatic carbocycles. The summed E-state index contributed by atoms with van der Waals surface area (Å²) < 4.78 is 4.99. The van der Waals surface area contributed by atoms with Crippen LogP contribution in [0.5, 0.6) is 5.75 Å². The van der Waals surface area contributed by atoms with Crippen molar-refractivity contribution in [1.82, 2.24) is 5.43 Å². The maximum atomic E-state index is 11.3. The van der Waals surface area contributed by atoms with E-state index >= 15 is 0 Å². The van der Waals surface area contributed by atoms with Crippen LogP contribution in [0.15, 0.2) is 12.1 Å². The van der Waals surface area contributed by atoms with Crippen molar-refractivity contribution >= 4 is 34.9 Å². The van der Waals surface area contributed by atoms with E-state index in [0.717, 1.165) is 0 Å². The minimum atomic E-state index is -0.497. The van der Waals surface area contributed by atoms with Crippen molar-refractivity contribution in [3.63, 3.8) is 0 Å². The highest BCUT2D eigenvalue weighted by Gasteiger charge is 2.17. The molecule has 16 heavy (non-hydrogen) atoms. The fourth-order valence-corrected chi connectivity index (χ4v) is 1.66. The Morgan fingerprint density at radius 3 is 2.56 bits per heavy atom. The Kier molecular flexibility index (Phi) is 4.23. The number of anilines is 1. The van der Waals surface area contributed by atoms with Crippen LogP contribution in [-0.4, -0.2) is 20.2 Å². The first kappa shape index (κ1) is 12.9. The summed E-state index contributed by atoms with van der Waals surface area (Å²) in [7, 11) is 3.00. The number of amides is 2. The van der Waals surface area contributed by atoms with E-state index < -0.39 is 6.03 Å². The Balaban J connectivity index is 3.17. The third-order valence-corrected chi connectivity index (χ3v) is 2.89. The van der Waals surface area contributed by atoms with Crippen molar-refractivity contribution in [3.05, 3.63) is 22.2 Å². The van der Waals surface area contributed by atoms with Gasteiger partial charge in [-0.25, -0.2) is 10.6 Å². The second-order valence-electron chi connectivity index (χ2n) is 2.92. The van der Waals surface area contributed by atoms with Crippen molar-refractivity contribution in [3.8, 4) is 5.75 Å². The number of ether oxygens (including phenoxy) is 1. The third kappa shape index (κ3) is 2.32. The number of methoxy groups -OCH3 is 1. The lowest BCUT2D eigenvalue weighted by Crippen LogP contribution is -2.41. The number of benzene rings is 1. The number of nitrogens with one attached hydrogen (secondary N) is 1. The highest BCUT2D eigenvalue weighted by molar-refractivity contribution is 6.44. The van der Waals surface area contributed by atoms with Crippen molar-refractivity contribution in [1.29, 1.82) is 0 Å². The molecule has 2 amide bonds. The van der Waals surface area contributed by atoms with E-state index in [4.69, 9.17) is 33.8 Å². The molecule has 0 unspecified atom stereocenters. The highest BCUT2D eigenvalue weighted by atomic mass is 35.5. The van der Waals surface area contributed by atoms with Crippen molar-refractivity contribution in [2.75, 3.05) is 19.1 Å². The number of hydrogen-bond donors (Lipinski definition) is 2. The van der Waals surface area contributed by atoms with E-state index in [1.165, 1.54) is 19.1 Å². The lowest BCUT2D eigenvalue weighted by Gasteiger charge is -2.19. The molecule has 0 radical (unpaired) electrons. The normalized spacial score (nSPS) is 9.81. The van der Waals surface area contributed by atoms with Gasteiger partial charge in [-0.05, 0) is 12.1 Å². The first-order chi connectivity index (χ1) is 7.52. The number of hydrogen-bond acceptors (Lipinski definition) is 3. The van der Waals surface area contributed by atoms with Crippen LogP contribution in [0.25, 0.3) is 0 Å². The molecule has 3 N–H and O–H groups in total. The number of carbonyl (C=O) groups excluding carboxylic acids is 1. The summed E-state index contributed by atoms with van der Waals surface area (Å²) in [5, 5.41) is 0.477. The molecule has 0 saturated carbocycles. The molecule has 7 heteroatoms. The number of nitrogens with zero attached hydrogens (tertiary/aromatic N) is 1. The quantitative estimate of drug-likeness (QED) is 0.488. The molecule has 1 rings (SSSR count). The Bertz CT molecular complexity index is 412. The SMILES string of the molecule is COc1ccc(N(C)C(=O)NN)c(Cl)c1Cl. The number of urea groups is 1. The lowest BCUT2D eigenvalue weighted by atomic mass is 10.3. The van der Waals surface area contributed by atoms with Crippen LogP contribution in [0.3, 0.4) is 0 Å². The number of rotatable bonds is 2. The Morgan fingerprint density at radius 2 is 2.06 bits per heavy atom. The van der Waals surface area contributed by atoms with Gasteiger partial charge in [0.25, 0.3) is 0 Å². The molecule has 0 spiro atoms. The van der Waals surface area contributed by atoms with Gasteiger partial charge in [0.05, 0.1) is 17.8 Å². The summed E-state index contributed by atoms with van der Waals surface area (Å²) in [5.74, 6) is 5.45. The molecule has 0 aliphatic rings. The van der Waals surface area contributed by atoms with Crippen LogP contribution < -0.4 is 20.9 Å². The molecule has 0 saturated heterocycles. The maximum Gasteiger partial charge on any atom is 0.335 e. The van der Waals surface area contributed by atoms with Gasteiger partial charge in [-0.15, -0.1) is 0 Å². The summed E-state index contributed by atoms with van der Waals surface area (Å²) in [6.07, 6.45) is 0. The fraction of sp³-hybridized carbons (Fsp3) is 0.222. The molecule has 0 bridgehead atoms. The summed E-state index contributed by atoms with van der Waals surface area (Å²) in [5.41, 5.74) is 2.43. The lowest BCUT2D eigenvalue weighted by molar-refractivity contribution is 0.247. The van der Waals surface area contributed by atoms with E-state index in [1.807, 2.05) is 5.43 Å². The maximum absolute atomic E-state index is 11.3. The van der Waals surface area contributed by atoms with E-state index in [-0.39, 0.29) is 10.0 Å². The molecule has 1 aromatic rings. The van der Waals surface area contributed by atoms with Gasteiger partial charge >= 0.3 is 6.03 Å². The fourth-order valence-electron chi connectivity index (χ4n) is 1.14. The molecule has 0 aliphatic carbocycles. The number of halogens is 2. The molecule has 0 aromatic heterocycles. The van der Waals surface area contributed by atoms with E-state index in [1.54, 1.807) is 12.1 Å². The second kappa shape index (κ2) is 5.25. The molecule has 0 aliphatic heterocycles. The molecule has 88 valence electrons.